The van der Waals surface area contributed by atoms with E-state index < -0.39 is 0 Å². The molecule has 0 aromatic carbocycles. The fourth-order valence-corrected chi connectivity index (χ4v) is 2.57. The van der Waals surface area contributed by atoms with Crippen LogP contribution < -0.4 is 0 Å². The maximum atomic E-state index is 11.8. The molecule has 0 N–H and O–H groups in total. The van der Waals surface area contributed by atoms with Crippen LogP contribution in [0.5, 0.6) is 0 Å². The minimum Gasteiger partial charge on any atom is -0.299 e. The highest BCUT2D eigenvalue weighted by Gasteiger charge is 2.14. The van der Waals surface area contributed by atoms with Crippen LogP contribution >= 0.6 is 0 Å². The van der Waals surface area contributed by atoms with Crippen molar-refractivity contribution >= 4 is 5.78 Å². The van der Waals surface area contributed by atoms with Crippen LogP contribution in [0.15, 0.2) is 0 Å². The van der Waals surface area contributed by atoms with E-state index in [1.165, 1.54) is 51.4 Å². The van der Waals surface area contributed by atoms with Crippen LogP contribution in [0, 0.1) is 5.92 Å². The molecule has 0 fully saturated rings. The summed E-state index contributed by atoms with van der Waals surface area (Å²) in [6, 6.07) is 0. The van der Waals surface area contributed by atoms with Gasteiger partial charge in [0.15, 0.2) is 0 Å². The molecule has 0 heterocycles. The number of ketones is 1. The molecule has 1 heteroatoms. The molecule has 108 valence electrons. The summed E-state index contributed by atoms with van der Waals surface area (Å²) in [7, 11) is 0. The quantitative estimate of drug-likeness (QED) is 0.373. The number of rotatable bonds is 13. The Kier molecular flexibility index (Phi) is 12.9. The van der Waals surface area contributed by atoms with Gasteiger partial charge < -0.3 is 0 Å². The van der Waals surface area contributed by atoms with E-state index in [0.29, 0.717) is 11.7 Å². The van der Waals surface area contributed by atoms with Crippen LogP contribution in [0.2, 0.25) is 0 Å². The lowest BCUT2D eigenvalue weighted by Gasteiger charge is -2.12. The molecule has 0 aromatic heterocycles. The molecule has 0 aliphatic heterocycles. The second kappa shape index (κ2) is 13.1. The molecule has 1 atom stereocenters. The van der Waals surface area contributed by atoms with Crippen molar-refractivity contribution in [2.45, 2.75) is 97.8 Å². The first-order chi connectivity index (χ1) is 8.76. The molecule has 1 unspecified atom stereocenters. The van der Waals surface area contributed by atoms with Gasteiger partial charge in [0.2, 0.25) is 0 Å². The fourth-order valence-electron chi connectivity index (χ4n) is 2.57. The first-order valence-electron chi connectivity index (χ1n) is 8.28. The van der Waals surface area contributed by atoms with Gasteiger partial charge in [-0.3, -0.25) is 4.79 Å². The standard InChI is InChI=1S/C17H34O/c1-4-7-8-9-10-11-12-13-15-16(6-3)17(18)14-5-2/h16H,4-15H2,1-3H3. The zero-order valence-electron chi connectivity index (χ0n) is 13.0. The van der Waals surface area contributed by atoms with E-state index in [0.717, 1.165) is 25.7 Å². The van der Waals surface area contributed by atoms with E-state index in [2.05, 4.69) is 20.8 Å². The molecule has 0 amide bonds. The van der Waals surface area contributed by atoms with Crippen molar-refractivity contribution in [3.63, 3.8) is 0 Å². The molecule has 0 radical (unpaired) electrons. The summed E-state index contributed by atoms with van der Waals surface area (Å²) in [6.45, 7) is 6.52. The lowest BCUT2D eigenvalue weighted by molar-refractivity contribution is -0.123. The number of hydrogen-bond donors (Lipinski definition) is 0. The predicted molar refractivity (Wildman–Crippen MR) is 80.9 cm³/mol. The molecule has 0 aliphatic carbocycles. The Hall–Kier alpha value is -0.330. The van der Waals surface area contributed by atoms with Crippen LogP contribution in [0.1, 0.15) is 97.8 Å². The smallest absolute Gasteiger partial charge is 0.135 e. The average molecular weight is 254 g/mol. The van der Waals surface area contributed by atoms with E-state index in [4.69, 9.17) is 0 Å². The van der Waals surface area contributed by atoms with Crippen LogP contribution in [-0.4, -0.2) is 5.78 Å². The van der Waals surface area contributed by atoms with E-state index in [1.54, 1.807) is 0 Å². The summed E-state index contributed by atoms with van der Waals surface area (Å²) in [5.74, 6) is 0.855. The number of carbonyl (C=O) groups excluding carboxylic acids is 1. The van der Waals surface area contributed by atoms with Crippen LogP contribution in [0.3, 0.4) is 0 Å². The molecular formula is C17H34O. The highest BCUT2D eigenvalue weighted by molar-refractivity contribution is 5.80. The van der Waals surface area contributed by atoms with Crippen LogP contribution in [0.4, 0.5) is 0 Å². The monoisotopic (exact) mass is 254 g/mol. The minimum atomic E-state index is 0.352. The van der Waals surface area contributed by atoms with Gasteiger partial charge in [0.25, 0.3) is 0 Å². The van der Waals surface area contributed by atoms with Gasteiger partial charge >= 0.3 is 0 Å². The third kappa shape index (κ3) is 9.67. The molecule has 0 saturated carbocycles. The molecule has 18 heavy (non-hydrogen) atoms. The van der Waals surface area contributed by atoms with Gasteiger partial charge in [-0.15, -0.1) is 0 Å². The number of hydrogen-bond acceptors (Lipinski definition) is 1. The Balaban J connectivity index is 3.42. The second-order valence-electron chi connectivity index (χ2n) is 5.59. The largest absolute Gasteiger partial charge is 0.299 e. The topological polar surface area (TPSA) is 17.1 Å². The van der Waals surface area contributed by atoms with Crippen molar-refractivity contribution < 1.29 is 4.79 Å². The molecule has 0 spiro atoms. The second-order valence-corrected chi connectivity index (χ2v) is 5.59. The third-order valence-electron chi connectivity index (χ3n) is 3.85. The molecule has 0 bridgehead atoms. The van der Waals surface area contributed by atoms with Gasteiger partial charge in [0, 0.05) is 12.3 Å². The molecule has 0 aromatic rings. The Morgan fingerprint density at radius 1 is 0.778 bits per heavy atom. The van der Waals surface area contributed by atoms with E-state index in [1.807, 2.05) is 0 Å². The first-order valence-corrected chi connectivity index (χ1v) is 8.28. The van der Waals surface area contributed by atoms with Gasteiger partial charge in [-0.1, -0.05) is 72.1 Å². The minimum absolute atomic E-state index is 0.352. The van der Waals surface area contributed by atoms with Gasteiger partial charge in [-0.2, -0.15) is 0 Å². The van der Waals surface area contributed by atoms with Gasteiger partial charge in [0.05, 0.1) is 0 Å². The molecule has 0 saturated heterocycles. The molecule has 0 rings (SSSR count). The zero-order chi connectivity index (χ0) is 13.6. The predicted octanol–water partition coefficient (Wildman–Crippen LogP) is 5.91. The highest BCUT2D eigenvalue weighted by Crippen LogP contribution is 2.18. The summed E-state index contributed by atoms with van der Waals surface area (Å²) in [6.07, 6.45) is 14.8. The Morgan fingerprint density at radius 3 is 1.83 bits per heavy atom. The first kappa shape index (κ1) is 17.7. The normalized spacial score (nSPS) is 12.6. The van der Waals surface area contributed by atoms with E-state index >= 15 is 0 Å². The Labute approximate surface area is 115 Å². The summed E-state index contributed by atoms with van der Waals surface area (Å²) in [5.41, 5.74) is 0. The van der Waals surface area contributed by atoms with Gasteiger partial charge in [-0.25, -0.2) is 0 Å². The molecule has 1 nitrogen and oxygen atoms in total. The lowest BCUT2D eigenvalue weighted by atomic mass is 9.92. The van der Waals surface area contributed by atoms with Gasteiger partial charge in [-0.05, 0) is 19.3 Å². The van der Waals surface area contributed by atoms with Crippen molar-refractivity contribution in [1.82, 2.24) is 0 Å². The van der Waals surface area contributed by atoms with Crippen molar-refractivity contribution in [2.24, 2.45) is 5.92 Å². The Bertz CT molecular complexity index is 186. The summed E-state index contributed by atoms with van der Waals surface area (Å²) in [4.78, 5) is 11.8. The maximum Gasteiger partial charge on any atom is 0.135 e. The zero-order valence-corrected chi connectivity index (χ0v) is 13.0. The van der Waals surface area contributed by atoms with Crippen molar-refractivity contribution in [3.05, 3.63) is 0 Å². The fraction of sp³-hybridized carbons (Fsp3) is 0.941. The Morgan fingerprint density at radius 2 is 1.33 bits per heavy atom. The summed E-state index contributed by atoms with van der Waals surface area (Å²) < 4.78 is 0. The van der Waals surface area contributed by atoms with E-state index in [9.17, 15) is 4.79 Å². The van der Waals surface area contributed by atoms with Crippen molar-refractivity contribution in [1.29, 1.82) is 0 Å². The molecule has 0 aliphatic rings. The van der Waals surface area contributed by atoms with Crippen LogP contribution in [-0.2, 0) is 4.79 Å². The van der Waals surface area contributed by atoms with Crippen molar-refractivity contribution in [3.8, 4) is 0 Å². The summed E-state index contributed by atoms with van der Waals surface area (Å²) >= 11 is 0. The third-order valence-corrected chi connectivity index (χ3v) is 3.85. The lowest BCUT2D eigenvalue weighted by Crippen LogP contribution is -2.13. The summed E-state index contributed by atoms with van der Waals surface area (Å²) in [5, 5.41) is 0. The molecular weight excluding hydrogens is 220 g/mol. The average Bonchev–Trinajstić information content (AvgIpc) is 2.37. The SMILES string of the molecule is CCCCCCCCCCC(CC)C(=O)CCC. The number of carbonyl (C=O) groups is 1. The van der Waals surface area contributed by atoms with E-state index in [-0.39, 0.29) is 0 Å². The van der Waals surface area contributed by atoms with Gasteiger partial charge in [0.1, 0.15) is 5.78 Å². The number of Topliss-reactive ketones (excluding diaryl/α,β-unsaturated/α-hetero) is 1. The highest BCUT2D eigenvalue weighted by atomic mass is 16.1. The number of unbranched alkanes of at least 4 members (excludes halogenated alkanes) is 7. The van der Waals surface area contributed by atoms with Crippen molar-refractivity contribution in [2.75, 3.05) is 0 Å². The maximum absolute atomic E-state index is 11.8. The van der Waals surface area contributed by atoms with Crippen LogP contribution in [0.25, 0.3) is 0 Å².